The maximum Gasteiger partial charge on any atom is 0.331 e. The van der Waals surface area contributed by atoms with Crippen molar-refractivity contribution in [1.82, 2.24) is 4.90 Å². The lowest BCUT2D eigenvalue weighted by Crippen LogP contribution is -2.47. The molecular weight excluding hydrogens is 364 g/mol. The first kappa shape index (κ1) is 21.5. The highest BCUT2D eigenvalue weighted by molar-refractivity contribution is 5.92. The molecule has 1 aliphatic rings. The molecule has 2 rings (SSSR count). The quantitative estimate of drug-likeness (QED) is 0.594. The van der Waals surface area contributed by atoms with E-state index in [2.05, 4.69) is 0 Å². The van der Waals surface area contributed by atoms with Crippen LogP contribution in [0, 0.1) is 16.7 Å². The number of esters is 1. The number of nitrogens with zero attached hydrogens (tertiary/aromatic N) is 2. The summed E-state index contributed by atoms with van der Waals surface area (Å²) in [6.45, 7) is 4.09. The third-order valence-electron chi connectivity index (χ3n) is 4.71. The molecule has 1 aromatic carbocycles. The second-order valence-corrected chi connectivity index (χ2v) is 6.31. The summed E-state index contributed by atoms with van der Waals surface area (Å²) in [7, 11) is 3.11. The Morgan fingerprint density at radius 2 is 1.96 bits per heavy atom. The molecule has 1 fully saturated rings. The molecule has 0 bridgehead atoms. The molecule has 1 saturated heterocycles. The highest BCUT2D eigenvalue weighted by atomic mass is 16.5. The summed E-state index contributed by atoms with van der Waals surface area (Å²) in [5.41, 5.74) is -0.730. The first-order chi connectivity index (χ1) is 13.5. The fourth-order valence-electron chi connectivity index (χ4n) is 3.32. The molecule has 8 heteroatoms. The van der Waals surface area contributed by atoms with Crippen LogP contribution in [0.2, 0.25) is 0 Å². The normalized spacial score (nSPS) is 21.3. The first-order valence-corrected chi connectivity index (χ1v) is 9.17. The number of hydrogen-bond acceptors (Lipinski definition) is 7. The molecule has 0 radical (unpaired) electrons. The van der Waals surface area contributed by atoms with E-state index in [1.54, 1.807) is 34.1 Å². The molecule has 0 unspecified atom stereocenters. The smallest absolute Gasteiger partial charge is 0.331 e. The van der Waals surface area contributed by atoms with Gasteiger partial charge >= 0.3 is 5.97 Å². The van der Waals surface area contributed by atoms with Crippen molar-refractivity contribution in [3.8, 4) is 17.6 Å². The lowest BCUT2D eigenvalue weighted by molar-refractivity contribution is -0.164. The Balaban J connectivity index is 2.23. The summed E-state index contributed by atoms with van der Waals surface area (Å²) >= 11 is 0. The van der Waals surface area contributed by atoms with Gasteiger partial charge in [-0.3, -0.25) is 9.59 Å². The molecule has 1 aliphatic heterocycles. The van der Waals surface area contributed by atoms with E-state index in [1.807, 2.05) is 18.2 Å². The van der Waals surface area contributed by atoms with Crippen molar-refractivity contribution in [2.45, 2.75) is 32.9 Å². The predicted molar refractivity (Wildman–Crippen MR) is 99.7 cm³/mol. The van der Waals surface area contributed by atoms with Gasteiger partial charge in [0.15, 0.2) is 17.7 Å². The molecule has 152 valence electrons. The van der Waals surface area contributed by atoms with Crippen molar-refractivity contribution in [1.29, 1.82) is 5.26 Å². The minimum Gasteiger partial charge on any atom is -0.493 e. The fourth-order valence-corrected chi connectivity index (χ4v) is 3.32. The van der Waals surface area contributed by atoms with Crippen LogP contribution in [0.3, 0.4) is 0 Å². The SMILES string of the molecule is CCOC(=O)[C@]1(C#N)CC(=O)N(CCc2ccc(OC)c(OC)c2)[C@H]1OCC. The van der Waals surface area contributed by atoms with Crippen LogP contribution in [-0.2, 0) is 25.5 Å². The number of hydrogen-bond donors (Lipinski definition) is 0. The molecule has 1 aromatic rings. The molecule has 0 N–H and O–H groups in total. The van der Waals surface area contributed by atoms with Gasteiger partial charge in [0.1, 0.15) is 0 Å². The largest absolute Gasteiger partial charge is 0.493 e. The second-order valence-electron chi connectivity index (χ2n) is 6.31. The Bertz CT molecular complexity index is 760. The van der Waals surface area contributed by atoms with Gasteiger partial charge in [-0.25, -0.2) is 0 Å². The van der Waals surface area contributed by atoms with Gasteiger partial charge in [0.05, 0.1) is 33.3 Å². The average Bonchev–Trinajstić information content (AvgIpc) is 2.98. The monoisotopic (exact) mass is 390 g/mol. The molecule has 8 nitrogen and oxygen atoms in total. The van der Waals surface area contributed by atoms with Crippen LogP contribution in [0.5, 0.6) is 11.5 Å². The summed E-state index contributed by atoms with van der Waals surface area (Å²) in [6, 6.07) is 7.49. The molecule has 0 aliphatic carbocycles. The van der Waals surface area contributed by atoms with Gasteiger partial charge < -0.3 is 23.8 Å². The number of nitriles is 1. The van der Waals surface area contributed by atoms with Gasteiger partial charge in [-0.2, -0.15) is 5.26 Å². The van der Waals surface area contributed by atoms with Gasteiger partial charge in [0.2, 0.25) is 11.3 Å². The zero-order chi connectivity index (χ0) is 20.7. The van der Waals surface area contributed by atoms with Gasteiger partial charge in [-0.1, -0.05) is 6.07 Å². The minimum atomic E-state index is -1.65. The van der Waals surface area contributed by atoms with Gasteiger partial charge in [-0.15, -0.1) is 0 Å². The van der Waals surface area contributed by atoms with Crippen molar-refractivity contribution >= 4 is 11.9 Å². The van der Waals surface area contributed by atoms with Crippen LogP contribution in [-0.4, -0.2) is 57.0 Å². The second kappa shape index (κ2) is 9.42. The van der Waals surface area contributed by atoms with Crippen LogP contribution in [0.25, 0.3) is 0 Å². The van der Waals surface area contributed by atoms with E-state index in [4.69, 9.17) is 18.9 Å². The van der Waals surface area contributed by atoms with Crippen LogP contribution in [0.15, 0.2) is 18.2 Å². The molecule has 0 aromatic heterocycles. The van der Waals surface area contributed by atoms with Crippen molar-refractivity contribution < 1.29 is 28.5 Å². The standard InChI is InChI=1S/C20H26N2O6/c1-5-27-18-20(13-21,19(24)28-6-2)12-17(23)22(18)10-9-14-7-8-15(25-3)16(11-14)26-4/h7-8,11,18H,5-6,9-10,12H2,1-4H3/t18-,20-/m0/s1. The Morgan fingerprint density at radius 3 is 2.54 bits per heavy atom. The molecule has 1 heterocycles. The number of methoxy groups -OCH3 is 2. The van der Waals surface area contributed by atoms with Crippen molar-refractivity contribution in [2.75, 3.05) is 34.0 Å². The van der Waals surface area contributed by atoms with Crippen LogP contribution < -0.4 is 9.47 Å². The molecular formula is C20H26N2O6. The highest BCUT2D eigenvalue weighted by Crippen LogP contribution is 2.39. The van der Waals surface area contributed by atoms with E-state index in [9.17, 15) is 14.9 Å². The fraction of sp³-hybridized carbons (Fsp3) is 0.550. The number of carbonyl (C=O) groups is 2. The maximum absolute atomic E-state index is 12.6. The third-order valence-corrected chi connectivity index (χ3v) is 4.71. The first-order valence-electron chi connectivity index (χ1n) is 9.17. The topological polar surface area (TPSA) is 98.1 Å². The Kier molecular flexibility index (Phi) is 7.24. The van der Waals surface area contributed by atoms with Gasteiger partial charge in [-0.05, 0) is 38.0 Å². The van der Waals surface area contributed by atoms with Crippen molar-refractivity contribution in [3.63, 3.8) is 0 Å². The summed E-state index contributed by atoms with van der Waals surface area (Å²) in [6.07, 6.45) is -0.729. The maximum atomic E-state index is 12.6. The summed E-state index contributed by atoms with van der Waals surface area (Å²) in [5, 5.41) is 9.72. The zero-order valence-electron chi connectivity index (χ0n) is 16.7. The number of ether oxygens (including phenoxy) is 4. The van der Waals surface area contributed by atoms with E-state index in [0.717, 1.165) is 5.56 Å². The number of rotatable bonds is 9. The van der Waals surface area contributed by atoms with Crippen molar-refractivity contribution in [3.05, 3.63) is 23.8 Å². The summed E-state index contributed by atoms with van der Waals surface area (Å²) in [5.74, 6) is 0.167. The molecule has 28 heavy (non-hydrogen) atoms. The number of carbonyl (C=O) groups excluding carboxylic acids is 2. The van der Waals surface area contributed by atoms with E-state index >= 15 is 0 Å². The minimum absolute atomic E-state index is 0.126. The zero-order valence-corrected chi connectivity index (χ0v) is 16.7. The number of amides is 1. The Hall–Kier alpha value is -2.79. The van der Waals surface area contributed by atoms with E-state index < -0.39 is 17.6 Å². The van der Waals surface area contributed by atoms with Crippen LogP contribution in [0.1, 0.15) is 25.8 Å². The van der Waals surface area contributed by atoms with E-state index in [-0.39, 0.29) is 25.5 Å². The average molecular weight is 390 g/mol. The summed E-state index contributed by atoms with van der Waals surface area (Å²) in [4.78, 5) is 26.5. The van der Waals surface area contributed by atoms with Gasteiger partial charge in [0.25, 0.3) is 0 Å². The number of likely N-dealkylation sites (tertiary alicyclic amines) is 1. The van der Waals surface area contributed by atoms with Gasteiger partial charge in [0, 0.05) is 13.2 Å². The summed E-state index contributed by atoms with van der Waals surface area (Å²) < 4.78 is 21.3. The molecule has 0 saturated carbocycles. The highest BCUT2D eigenvalue weighted by Gasteiger charge is 2.59. The van der Waals surface area contributed by atoms with Crippen LogP contribution in [0.4, 0.5) is 0 Å². The van der Waals surface area contributed by atoms with Crippen molar-refractivity contribution in [2.24, 2.45) is 5.41 Å². The molecule has 2 atom stereocenters. The molecule has 0 spiro atoms. The van der Waals surface area contributed by atoms with Crippen LogP contribution >= 0.6 is 0 Å². The third kappa shape index (κ3) is 4.04. The van der Waals surface area contributed by atoms with E-state index in [1.165, 1.54) is 4.90 Å². The lowest BCUT2D eigenvalue weighted by atomic mass is 9.87. The number of benzene rings is 1. The van der Waals surface area contributed by atoms with E-state index in [0.29, 0.717) is 24.5 Å². The lowest BCUT2D eigenvalue weighted by Gasteiger charge is -2.31. The predicted octanol–water partition coefficient (Wildman–Crippen LogP) is 1.91. The Morgan fingerprint density at radius 1 is 1.25 bits per heavy atom. The Labute approximate surface area is 164 Å². The molecule has 1 amide bonds.